The molecule has 2 atom stereocenters. The van der Waals surface area contributed by atoms with Crippen molar-refractivity contribution < 1.29 is 14.3 Å². The van der Waals surface area contributed by atoms with E-state index in [1.807, 2.05) is 18.7 Å². The van der Waals surface area contributed by atoms with Gasteiger partial charge in [-0.3, -0.25) is 9.59 Å². The third-order valence-electron chi connectivity index (χ3n) is 3.10. The molecule has 2 fully saturated rings. The molecule has 0 aromatic heterocycles. The Morgan fingerprint density at radius 3 is 2.94 bits per heavy atom. The normalized spacial score (nSPS) is 29.9. The number of hydrogen-bond donors (Lipinski definition) is 0. The third kappa shape index (κ3) is 2.93. The van der Waals surface area contributed by atoms with E-state index in [4.69, 9.17) is 4.74 Å². The minimum Gasteiger partial charge on any atom is -0.375 e. The molecule has 0 aromatic carbocycles. The molecule has 0 radical (unpaired) electrons. The molecular weight excluding hydrogens is 240 g/mol. The van der Waals surface area contributed by atoms with Crippen LogP contribution in [-0.4, -0.2) is 65.1 Å². The number of nitrogens with zero attached hydrogens (tertiary/aromatic N) is 2. The Hall–Kier alpha value is -0.750. The van der Waals surface area contributed by atoms with Crippen LogP contribution in [0, 0.1) is 0 Å². The second-order valence-corrected chi connectivity index (χ2v) is 5.62. The standard InChI is InChI=1S/C11H18N2O3S/c1-8-7-16-9(2)5-13(8)10(14)6-12-3-4-17-11(12)15/h8-9H,3-7H2,1-2H3/t8-,9+/m0/s1. The van der Waals surface area contributed by atoms with Gasteiger partial charge in [0.1, 0.15) is 6.54 Å². The Balaban J connectivity index is 1.92. The molecule has 0 spiro atoms. The van der Waals surface area contributed by atoms with E-state index in [2.05, 4.69) is 0 Å². The van der Waals surface area contributed by atoms with E-state index in [-0.39, 0.29) is 29.8 Å². The summed E-state index contributed by atoms with van der Waals surface area (Å²) in [6, 6.07) is 0.101. The van der Waals surface area contributed by atoms with Crippen LogP contribution in [-0.2, 0) is 9.53 Å². The highest BCUT2D eigenvalue weighted by Crippen LogP contribution is 2.18. The summed E-state index contributed by atoms with van der Waals surface area (Å²) in [5.41, 5.74) is 0. The Bertz CT molecular complexity index is 324. The Kier molecular flexibility index (Phi) is 3.93. The van der Waals surface area contributed by atoms with E-state index in [1.54, 1.807) is 4.90 Å². The first-order valence-corrected chi connectivity index (χ1v) is 6.89. The number of rotatable bonds is 2. The highest BCUT2D eigenvalue weighted by atomic mass is 32.2. The quantitative estimate of drug-likeness (QED) is 0.735. The summed E-state index contributed by atoms with van der Waals surface area (Å²) < 4.78 is 5.48. The van der Waals surface area contributed by atoms with Gasteiger partial charge in [0.25, 0.3) is 5.24 Å². The molecule has 0 unspecified atom stereocenters. The SMILES string of the molecule is C[C@@H]1CN(C(=O)CN2CCSC2=O)[C@@H](C)CO1. The van der Waals surface area contributed by atoms with Gasteiger partial charge in [0.15, 0.2) is 0 Å². The molecule has 2 aliphatic heterocycles. The van der Waals surface area contributed by atoms with Crippen LogP contribution in [0.1, 0.15) is 13.8 Å². The Labute approximate surface area is 105 Å². The number of carbonyl (C=O) groups is 2. The van der Waals surface area contributed by atoms with Gasteiger partial charge in [-0.25, -0.2) is 0 Å². The minimum absolute atomic E-state index is 0.0207. The van der Waals surface area contributed by atoms with Crippen LogP contribution in [0.3, 0.4) is 0 Å². The van der Waals surface area contributed by atoms with Gasteiger partial charge >= 0.3 is 0 Å². The van der Waals surface area contributed by atoms with Crippen molar-refractivity contribution in [3.8, 4) is 0 Å². The molecule has 2 rings (SSSR count). The summed E-state index contributed by atoms with van der Waals surface area (Å²) in [4.78, 5) is 27.0. The van der Waals surface area contributed by atoms with Crippen LogP contribution in [0.15, 0.2) is 0 Å². The first kappa shape index (κ1) is 12.7. The molecule has 96 valence electrons. The zero-order valence-corrected chi connectivity index (χ0v) is 11.0. The van der Waals surface area contributed by atoms with Gasteiger partial charge in [0.2, 0.25) is 5.91 Å². The monoisotopic (exact) mass is 258 g/mol. The van der Waals surface area contributed by atoms with Crippen molar-refractivity contribution in [1.29, 1.82) is 0 Å². The molecule has 0 aliphatic carbocycles. The van der Waals surface area contributed by atoms with Crippen molar-refractivity contribution >= 4 is 22.9 Å². The van der Waals surface area contributed by atoms with Gasteiger partial charge in [-0.15, -0.1) is 0 Å². The van der Waals surface area contributed by atoms with E-state index in [0.717, 1.165) is 5.75 Å². The van der Waals surface area contributed by atoms with Crippen LogP contribution < -0.4 is 0 Å². The maximum absolute atomic E-state index is 12.1. The van der Waals surface area contributed by atoms with Crippen LogP contribution in [0.5, 0.6) is 0 Å². The van der Waals surface area contributed by atoms with E-state index in [9.17, 15) is 9.59 Å². The maximum atomic E-state index is 12.1. The number of carbonyl (C=O) groups excluding carboxylic acids is 2. The molecule has 6 heteroatoms. The lowest BCUT2D eigenvalue weighted by Crippen LogP contribution is -2.53. The molecule has 0 saturated carbocycles. The van der Waals surface area contributed by atoms with Crippen molar-refractivity contribution in [3.05, 3.63) is 0 Å². The lowest BCUT2D eigenvalue weighted by molar-refractivity contribution is -0.143. The van der Waals surface area contributed by atoms with E-state index >= 15 is 0 Å². The molecular formula is C11H18N2O3S. The maximum Gasteiger partial charge on any atom is 0.282 e. The number of amides is 2. The lowest BCUT2D eigenvalue weighted by atomic mass is 10.2. The van der Waals surface area contributed by atoms with Gasteiger partial charge in [0, 0.05) is 18.8 Å². The van der Waals surface area contributed by atoms with Crippen LogP contribution >= 0.6 is 11.8 Å². The Morgan fingerprint density at radius 2 is 2.29 bits per heavy atom. The number of morpholine rings is 1. The van der Waals surface area contributed by atoms with Crippen LogP contribution in [0.4, 0.5) is 4.79 Å². The highest BCUT2D eigenvalue weighted by Gasteiger charge is 2.30. The number of thioether (sulfide) groups is 1. The summed E-state index contributed by atoms with van der Waals surface area (Å²) in [6.07, 6.45) is 0.0822. The van der Waals surface area contributed by atoms with Crippen molar-refractivity contribution in [1.82, 2.24) is 9.80 Å². The fourth-order valence-corrected chi connectivity index (χ4v) is 2.90. The van der Waals surface area contributed by atoms with Gasteiger partial charge in [-0.1, -0.05) is 11.8 Å². The molecule has 5 nitrogen and oxygen atoms in total. The van der Waals surface area contributed by atoms with Crippen molar-refractivity contribution in [2.45, 2.75) is 26.0 Å². The van der Waals surface area contributed by atoms with Gasteiger partial charge in [-0.2, -0.15) is 0 Å². The van der Waals surface area contributed by atoms with Gasteiger partial charge in [-0.05, 0) is 13.8 Å². The summed E-state index contributed by atoms with van der Waals surface area (Å²) >= 11 is 1.29. The Morgan fingerprint density at radius 1 is 1.53 bits per heavy atom. The summed E-state index contributed by atoms with van der Waals surface area (Å²) in [6.45, 7) is 6.03. The smallest absolute Gasteiger partial charge is 0.282 e. The zero-order chi connectivity index (χ0) is 12.4. The molecule has 2 aliphatic rings. The van der Waals surface area contributed by atoms with E-state index < -0.39 is 0 Å². The highest BCUT2D eigenvalue weighted by molar-refractivity contribution is 8.13. The average Bonchev–Trinajstić information content (AvgIpc) is 2.68. The van der Waals surface area contributed by atoms with Crippen LogP contribution in [0.2, 0.25) is 0 Å². The largest absolute Gasteiger partial charge is 0.375 e. The average molecular weight is 258 g/mol. The van der Waals surface area contributed by atoms with Crippen molar-refractivity contribution in [2.24, 2.45) is 0 Å². The number of ether oxygens (including phenoxy) is 1. The first-order valence-electron chi connectivity index (χ1n) is 5.90. The number of hydrogen-bond acceptors (Lipinski definition) is 4. The molecule has 0 aromatic rings. The first-order chi connectivity index (χ1) is 8.08. The van der Waals surface area contributed by atoms with E-state index in [1.165, 1.54) is 11.8 Å². The summed E-state index contributed by atoms with van der Waals surface area (Å²) in [5.74, 6) is 0.824. The van der Waals surface area contributed by atoms with Crippen molar-refractivity contribution in [2.75, 3.05) is 32.0 Å². The minimum atomic E-state index is 0.0207. The second kappa shape index (κ2) is 5.27. The van der Waals surface area contributed by atoms with Gasteiger partial charge < -0.3 is 14.5 Å². The lowest BCUT2D eigenvalue weighted by Gasteiger charge is -2.37. The molecule has 2 amide bonds. The fraction of sp³-hybridized carbons (Fsp3) is 0.818. The molecule has 2 saturated heterocycles. The zero-order valence-electron chi connectivity index (χ0n) is 10.2. The molecule has 2 heterocycles. The van der Waals surface area contributed by atoms with Crippen molar-refractivity contribution in [3.63, 3.8) is 0 Å². The van der Waals surface area contributed by atoms with Crippen LogP contribution in [0.25, 0.3) is 0 Å². The fourth-order valence-electron chi connectivity index (χ4n) is 2.07. The predicted octanol–water partition coefficient (Wildman–Crippen LogP) is 0.791. The van der Waals surface area contributed by atoms with E-state index in [0.29, 0.717) is 19.7 Å². The predicted molar refractivity (Wildman–Crippen MR) is 66.0 cm³/mol. The summed E-state index contributed by atoms with van der Waals surface area (Å²) in [7, 11) is 0. The second-order valence-electron chi connectivity index (χ2n) is 4.57. The molecule has 17 heavy (non-hydrogen) atoms. The van der Waals surface area contributed by atoms with Gasteiger partial charge in [0.05, 0.1) is 18.8 Å². The molecule has 0 bridgehead atoms. The summed E-state index contributed by atoms with van der Waals surface area (Å²) in [5, 5.41) is 0.0207. The molecule has 0 N–H and O–H groups in total. The third-order valence-corrected chi connectivity index (χ3v) is 3.99. The topological polar surface area (TPSA) is 49.9 Å².